The van der Waals surface area contributed by atoms with Gasteiger partial charge in [0.05, 0.1) is 6.61 Å². The van der Waals surface area contributed by atoms with E-state index in [0.717, 1.165) is 10.5 Å². The fourth-order valence-corrected chi connectivity index (χ4v) is 3.07. The third-order valence-corrected chi connectivity index (χ3v) is 4.84. The van der Waals surface area contributed by atoms with Crippen LogP contribution in [0.1, 0.15) is 25.5 Å². The normalized spacial score (nSPS) is 12.3. The zero-order valence-corrected chi connectivity index (χ0v) is 18.8. The summed E-state index contributed by atoms with van der Waals surface area (Å²) in [6, 6.07) is 14.0. The van der Waals surface area contributed by atoms with E-state index in [4.69, 9.17) is 19.8 Å². The second-order valence-electron chi connectivity index (χ2n) is 7.16. The number of para-hydroxylation sites is 1. The molecule has 0 aliphatic carbocycles. The van der Waals surface area contributed by atoms with Crippen LogP contribution < -0.4 is 15.5 Å². The van der Waals surface area contributed by atoms with Crippen LogP contribution in [0.5, 0.6) is 5.75 Å². The van der Waals surface area contributed by atoms with Crippen LogP contribution in [-0.2, 0) is 9.53 Å². The smallest absolute Gasteiger partial charge is 0.412 e. The molecule has 2 rings (SSSR count). The van der Waals surface area contributed by atoms with Crippen molar-refractivity contribution in [3.8, 4) is 5.75 Å². The molecule has 2 aromatic rings. The van der Waals surface area contributed by atoms with Crippen molar-refractivity contribution in [2.75, 3.05) is 18.5 Å². The lowest BCUT2D eigenvalue weighted by atomic mass is 9.81. The Labute approximate surface area is 189 Å². The van der Waals surface area contributed by atoms with Gasteiger partial charge in [-0.3, -0.25) is 15.3 Å². The summed E-state index contributed by atoms with van der Waals surface area (Å²) in [5.74, 6) is -0.276. The van der Waals surface area contributed by atoms with Crippen molar-refractivity contribution < 1.29 is 29.4 Å². The Morgan fingerprint density at radius 2 is 1.84 bits per heavy atom. The fourth-order valence-electron chi connectivity index (χ4n) is 2.80. The van der Waals surface area contributed by atoms with Crippen molar-refractivity contribution in [2.45, 2.75) is 20.0 Å². The third-order valence-electron chi connectivity index (χ3n) is 4.32. The van der Waals surface area contributed by atoms with Gasteiger partial charge < -0.3 is 14.6 Å². The van der Waals surface area contributed by atoms with Gasteiger partial charge in [-0.2, -0.15) is 0 Å². The average molecular weight is 493 g/mol. The van der Waals surface area contributed by atoms with Gasteiger partial charge in [-0.25, -0.2) is 10.3 Å². The third kappa shape index (κ3) is 7.39. The van der Waals surface area contributed by atoms with Gasteiger partial charge in [0.1, 0.15) is 18.5 Å². The van der Waals surface area contributed by atoms with Gasteiger partial charge in [0.15, 0.2) is 0 Å². The second-order valence-corrected chi connectivity index (χ2v) is 8.07. The summed E-state index contributed by atoms with van der Waals surface area (Å²) in [6.07, 6.45) is 1.12. The number of hydrogen-bond acceptors (Lipinski definition) is 6. The van der Waals surface area contributed by atoms with Crippen LogP contribution >= 0.6 is 15.9 Å². The number of nitrogens with one attached hydrogen (secondary N) is 2. The SMILES string of the molecule is CC(C)(/C=C/C(=O)NO)[C@H](OC(=O)Nc1ccc(Br)cc1)c1ccccc1OCCO. The molecular weight excluding hydrogens is 468 g/mol. The van der Waals surface area contributed by atoms with E-state index in [0.29, 0.717) is 17.0 Å². The minimum Gasteiger partial charge on any atom is -0.491 e. The van der Waals surface area contributed by atoms with Crippen LogP contribution in [0.2, 0.25) is 0 Å². The predicted octanol–water partition coefficient (Wildman–Crippen LogP) is 4.20. The predicted molar refractivity (Wildman–Crippen MR) is 119 cm³/mol. The molecule has 0 fully saturated rings. The Bertz CT molecular complexity index is 914. The van der Waals surface area contributed by atoms with Crippen LogP contribution in [0, 0.1) is 5.41 Å². The summed E-state index contributed by atoms with van der Waals surface area (Å²) in [5, 5.41) is 20.6. The zero-order chi connectivity index (χ0) is 22.9. The maximum Gasteiger partial charge on any atom is 0.412 e. The molecular formula is C22H25BrN2O6. The number of hydrogen-bond donors (Lipinski definition) is 4. The number of aliphatic hydroxyl groups is 1. The number of carbonyl (C=O) groups excluding carboxylic acids is 2. The van der Waals surface area contributed by atoms with Gasteiger partial charge in [0, 0.05) is 27.2 Å². The van der Waals surface area contributed by atoms with Gasteiger partial charge in [-0.05, 0) is 30.3 Å². The molecule has 0 saturated carbocycles. The molecule has 4 N–H and O–H groups in total. The van der Waals surface area contributed by atoms with Crippen molar-refractivity contribution in [1.29, 1.82) is 0 Å². The lowest BCUT2D eigenvalue weighted by Crippen LogP contribution is -2.28. The first-order valence-corrected chi connectivity index (χ1v) is 10.2. The number of benzene rings is 2. The maximum absolute atomic E-state index is 12.7. The van der Waals surface area contributed by atoms with Crippen LogP contribution in [0.25, 0.3) is 0 Å². The highest BCUT2D eigenvalue weighted by Crippen LogP contribution is 2.42. The maximum atomic E-state index is 12.7. The molecule has 0 bridgehead atoms. The summed E-state index contributed by atoms with van der Waals surface area (Å²) in [6.45, 7) is 3.44. The highest BCUT2D eigenvalue weighted by molar-refractivity contribution is 9.10. The number of hydroxylamine groups is 1. The number of halogens is 1. The van der Waals surface area contributed by atoms with Crippen LogP contribution in [0.4, 0.5) is 10.5 Å². The molecule has 166 valence electrons. The van der Waals surface area contributed by atoms with Crippen molar-refractivity contribution in [3.05, 3.63) is 70.7 Å². The Hall–Kier alpha value is -2.88. The van der Waals surface area contributed by atoms with Crippen molar-refractivity contribution in [1.82, 2.24) is 5.48 Å². The molecule has 0 aliphatic rings. The van der Waals surface area contributed by atoms with Crippen LogP contribution in [0.3, 0.4) is 0 Å². The van der Waals surface area contributed by atoms with Crippen LogP contribution in [0.15, 0.2) is 65.2 Å². The molecule has 1 atom stereocenters. The molecule has 0 saturated heterocycles. The van der Waals surface area contributed by atoms with Crippen molar-refractivity contribution in [2.24, 2.45) is 5.41 Å². The van der Waals surface area contributed by atoms with E-state index in [-0.39, 0.29) is 13.2 Å². The topological polar surface area (TPSA) is 117 Å². The first-order valence-electron chi connectivity index (χ1n) is 9.46. The minimum atomic E-state index is -0.873. The number of anilines is 1. The van der Waals surface area contributed by atoms with E-state index in [1.165, 1.54) is 11.6 Å². The summed E-state index contributed by atoms with van der Waals surface area (Å²) in [5.41, 5.74) is 1.76. The quantitative estimate of drug-likeness (QED) is 0.236. The van der Waals surface area contributed by atoms with Gasteiger partial charge in [-0.15, -0.1) is 0 Å². The molecule has 0 spiro atoms. The highest BCUT2D eigenvalue weighted by atomic mass is 79.9. The average Bonchev–Trinajstić information content (AvgIpc) is 2.76. The first-order chi connectivity index (χ1) is 14.8. The van der Waals surface area contributed by atoms with E-state index < -0.39 is 23.5 Å². The number of amides is 2. The molecule has 31 heavy (non-hydrogen) atoms. The first kappa shape index (κ1) is 24.4. The summed E-state index contributed by atoms with van der Waals surface area (Å²) >= 11 is 3.34. The Kier molecular flexibility index (Phi) is 9.04. The van der Waals surface area contributed by atoms with E-state index >= 15 is 0 Å². The van der Waals surface area contributed by atoms with E-state index in [1.54, 1.807) is 62.4 Å². The number of ether oxygens (including phenoxy) is 2. The molecule has 0 aliphatic heterocycles. The number of aliphatic hydroxyl groups excluding tert-OH is 1. The largest absolute Gasteiger partial charge is 0.491 e. The van der Waals surface area contributed by atoms with Crippen molar-refractivity contribution in [3.63, 3.8) is 0 Å². The van der Waals surface area contributed by atoms with Crippen LogP contribution in [-0.4, -0.2) is 35.5 Å². The molecule has 0 unspecified atom stereocenters. The lowest BCUT2D eigenvalue weighted by molar-refractivity contribution is -0.124. The van der Waals surface area contributed by atoms with Crippen molar-refractivity contribution >= 4 is 33.6 Å². The van der Waals surface area contributed by atoms with Gasteiger partial charge in [0.25, 0.3) is 5.91 Å². The van der Waals surface area contributed by atoms with E-state index in [1.807, 2.05) is 0 Å². The molecule has 2 aromatic carbocycles. The minimum absolute atomic E-state index is 0.0675. The Balaban J connectivity index is 2.36. The van der Waals surface area contributed by atoms with Gasteiger partial charge in [0.2, 0.25) is 0 Å². The van der Waals surface area contributed by atoms with E-state index in [9.17, 15) is 9.59 Å². The zero-order valence-electron chi connectivity index (χ0n) is 17.2. The van der Waals surface area contributed by atoms with Gasteiger partial charge >= 0.3 is 6.09 Å². The number of rotatable bonds is 9. The fraction of sp³-hybridized carbons (Fsp3) is 0.273. The molecule has 8 nitrogen and oxygen atoms in total. The number of carbonyl (C=O) groups is 2. The highest BCUT2D eigenvalue weighted by Gasteiger charge is 2.34. The molecule has 0 aromatic heterocycles. The Morgan fingerprint density at radius 1 is 1.16 bits per heavy atom. The molecule has 9 heteroatoms. The second kappa shape index (κ2) is 11.5. The molecule has 2 amide bonds. The Morgan fingerprint density at radius 3 is 2.48 bits per heavy atom. The molecule has 0 heterocycles. The van der Waals surface area contributed by atoms with Gasteiger partial charge in [-0.1, -0.05) is 54.1 Å². The molecule has 0 radical (unpaired) electrons. The summed E-state index contributed by atoms with van der Waals surface area (Å²) in [7, 11) is 0. The standard InChI is InChI=1S/C22H25BrN2O6/c1-22(2,12-11-19(27)25-29)20(17-5-3-4-6-18(17)30-14-13-26)31-21(28)24-16-9-7-15(23)8-10-16/h3-12,20,26,29H,13-14H2,1-2H3,(H,24,28)(H,25,27)/b12-11+/t20-/m1/s1. The summed E-state index contributed by atoms with van der Waals surface area (Å²) in [4.78, 5) is 24.2. The van der Waals surface area contributed by atoms with E-state index in [2.05, 4.69) is 21.2 Å². The summed E-state index contributed by atoms with van der Waals surface area (Å²) < 4.78 is 12.3. The monoisotopic (exact) mass is 492 g/mol. The lowest BCUT2D eigenvalue weighted by Gasteiger charge is -2.32.